The van der Waals surface area contributed by atoms with Gasteiger partial charge in [0.2, 0.25) is 0 Å². The number of hydrogen-bond acceptors (Lipinski definition) is 4. The summed E-state index contributed by atoms with van der Waals surface area (Å²) in [6, 6.07) is 7.34. The number of aromatic nitrogens is 3. The average molecular weight is 457 g/mol. The number of amides is 1. The highest BCUT2D eigenvalue weighted by Crippen LogP contribution is 2.51. The summed E-state index contributed by atoms with van der Waals surface area (Å²) in [5.74, 6) is -0.154. The maximum Gasteiger partial charge on any atom is 0.304 e. The number of nitrogens with zero attached hydrogens (tertiary/aromatic N) is 3. The van der Waals surface area contributed by atoms with Gasteiger partial charge in [0.1, 0.15) is 11.4 Å². The van der Waals surface area contributed by atoms with Crippen LogP contribution in [0.15, 0.2) is 42.9 Å². The van der Waals surface area contributed by atoms with E-state index in [4.69, 9.17) is 10.5 Å². The molecule has 1 unspecified atom stereocenters. The van der Waals surface area contributed by atoms with Gasteiger partial charge in [-0.1, -0.05) is 47.6 Å². The van der Waals surface area contributed by atoms with Crippen molar-refractivity contribution in [1.82, 2.24) is 14.5 Å². The third-order valence-electron chi connectivity index (χ3n) is 6.00. The van der Waals surface area contributed by atoms with Crippen molar-refractivity contribution in [3.05, 3.63) is 48.4 Å². The molecule has 2 N–H and O–H groups in total. The van der Waals surface area contributed by atoms with E-state index in [1.165, 1.54) is 0 Å². The number of rotatable bonds is 6. The van der Waals surface area contributed by atoms with Crippen LogP contribution in [0.4, 0.5) is 4.11 Å². The molecule has 172 valence electrons. The molecule has 0 radical (unpaired) electrons. The number of carbonyl (C=O) groups excluding carboxylic acids is 1. The van der Waals surface area contributed by atoms with Crippen LogP contribution in [0.25, 0.3) is 11.0 Å². The number of halogens is 1. The standard InChI is InChI=1S/C24H33FN4O2Si/c1-23(2,3)32(25,24(4,5)6)20-13-17-12-18(15-28-22(17)29(20)7)31-19(21(26)30)11-16-9-8-10-27-14-16/h8-10,12-15,19H,11H2,1-7H3,(H2,26,30). The van der Waals surface area contributed by atoms with Crippen molar-refractivity contribution < 1.29 is 13.6 Å². The zero-order chi connectivity index (χ0) is 23.9. The van der Waals surface area contributed by atoms with Gasteiger partial charge in [-0.2, -0.15) is 0 Å². The molecule has 3 rings (SSSR count). The lowest BCUT2D eigenvalue weighted by molar-refractivity contribution is -0.124. The summed E-state index contributed by atoms with van der Waals surface area (Å²) in [6.45, 7) is 11.8. The Morgan fingerprint density at radius 2 is 1.84 bits per heavy atom. The molecule has 1 amide bonds. The van der Waals surface area contributed by atoms with Crippen LogP contribution in [-0.4, -0.2) is 35.0 Å². The molecule has 0 saturated heterocycles. The fourth-order valence-electron chi connectivity index (χ4n) is 4.59. The van der Waals surface area contributed by atoms with E-state index < -0.39 is 30.5 Å². The largest absolute Gasteiger partial charge is 0.479 e. The summed E-state index contributed by atoms with van der Waals surface area (Å²) in [6.07, 6.45) is 4.34. The lowest BCUT2D eigenvalue weighted by Crippen LogP contribution is -2.60. The van der Waals surface area contributed by atoms with Crippen molar-refractivity contribution >= 4 is 30.7 Å². The van der Waals surface area contributed by atoms with Gasteiger partial charge in [-0.05, 0) is 33.8 Å². The summed E-state index contributed by atoms with van der Waals surface area (Å²) < 4.78 is 24.7. The lowest BCUT2D eigenvalue weighted by atomic mass is 10.1. The molecule has 1 atom stereocenters. The van der Waals surface area contributed by atoms with Gasteiger partial charge in [0.25, 0.3) is 5.91 Å². The quantitative estimate of drug-likeness (QED) is 0.446. The minimum Gasteiger partial charge on any atom is -0.479 e. The van der Waals surface area contributed by atoms with E-state index in [1.54, 1.807) is 30.7 Å². The van der Waals surface area contributed by atoms with Gasteiger partial charge in [0.05, 0.1) is 6.20 Å². The molecule has 0 saturated carbocycles. The second-order valence-corrected chi connectivity index (χ2v) is 15.2. The van der Waals surface area contributed by atoms with Gasteiger partial charge in [-0.15, -0.1) is 0 Å². The SMILES string of the molecule is Cn1c([Si](F)(C(C)(C)C)C(C)(C)C)cc2cc(OC(Cc3cccnc3)C(N)=O)cnc21. The van der Waals surface area contributed by atoms with Crippen molar-refractivity contribution in [2.45, 2.75) is 64.1 Å². The number of aryl methyl sites for hydroxylation is 1. The molecular formula is C24H33FN4O2Si. The fourth-order valence-corrected chi connectivity index (χ4v) is 9.29. The Hall–Kier alpha value is -2.74. The second-order valence-electron chi connectivity index (χ2n) is 10.4. The number of ether oxygens (including phenoxy) is 1. The molecular weight excluding hydrogens is 423 g/mol. The van der Waals surface area contributed by atoms with E-state index in [9.17, 15) is 4.79 Å². The van der Waals surface area contributed by atoms with E-state index in [-0.39, 0.29) is 0 Å². The highest BCUT2D eigenvalue weighted by molar-refractivity contribution is 6.90. The van der Waals surface area contributed by atoms with Crippen molar-refractivity contribution in [3.63, 3.8) is 0 Å². The minimum absolute atomic E-state index is 0.301. The lowest BCUT2D eigenvalue weighted by Gasteiger charge is -2.44. The van der Waals surface area contributed by atoms with Crippen molar-refractivity contribution in [2.24, 2.45) is 12.8 Å². The molecule has 8 heteroatoms. The van der Waals surface area contributed by atoms with Crippen molar-refractivity contribution in [3.8, 4) is 5.75 Å². The topological polar surface area (TPSA) is 83.0 Å². The Morgan fingerprint density at radius 1 is 1.19 bits per heavy atom. The Kier molecular flexibility index (Phi) is 6.21. The van der Waals surface area contributed by atoms with Gasteiger partial charge in [-0.3, -0.25) is 9.78 Å². The number of carbonyl (C=O) groups is 1. The van der Waals surface area contributed by atoms with Crippen LogP contribution in [0, 0.1) is 0 Å². The summed E-state index contributed by atoms with van der Waals surface area (Å²) in [7, 11) is -1.61. The Labute approximate surface area is 190 Å². The first-order chi connectivity index (χ1) is 14.8. The van der Waals surface area contributed by atoms with Crippen molar-refractivity contribution in [2.75, 3.05) is 0 Å². The monoisotopic (exact) mass is 456 g/mol. The van der Waals surface area contributed by atoms with E-state index in [0.717, 1.165) is 10.9 Å². The van der Waals surface area contributed by atoms with Gasteiger partial charge >= 0.3 is 8.41 Å². The zero-order valence-corrected chi connectivity index (χ0v) is 20.9. The Bertz CT molecular complexity index is 1100. The minimum atomic E-state index is -3.47. The predicted octanol–water partition coefficient (Wildman–Crippen LogP) is 4.17. The van der Waals surface area contributed by atoms with Crippen LogP contribution in [0.3, 0.4) is 0 Å². The first-order valence-electron chi connectivity index (χ1n) is 10.8. The molecule has 0 aromatic carbocycles. The van der Waals surface area contributed by atoms with Gasteiger partial charge in [0.15, 0.2) is 6.10 Å². The second kappa shape index (κ2) is 8.31. The van der Waals surface area contributed by atoms with Gasteiger partial charge in [-0.25, -0.2) is 4.98 Å². The van der Waals surface area contributed by atoms with Gasteiger partial charge < -0.3 is 19.1 Å². The number of primary amides is 1. The molecule has 0 spiro atoms. The molecule has 3 aromatic heterocycles. The molecule has 0 aliphatic carbocycles. The summed E-state index contributed by atoms with van der Waals surface area (Å²) in [4.78, 5) is 20.6. The number of hydrogen-bond donors (Lipinski definition) is 1. The number of pyridine rings is 2. The molecule has 0 fully saturated rings. The maximum atomic E-state index is 16.9. The van der Waals surface area contributed by atoms with Crippen LogP contribution >= 0.6 is 0 Å². The summed E-state index contributed by atoms with van der Waals surface area (Å²) in [5.41, 5.74) is 7.10. The van der Waals surface area contributed by atoms with Crippen LogP contribution in [-0.2, 0) is 18.3 Å². The molecule has 3 heterocycles. The van der Waals surface area contributed by atoms with E-state index in [2.05, 4.69) is 9.97 Å². The smallest absolute Gasteiger partial charge is 0.304 e. The number of nitrogens with two attached hydrogens (primary N) is 1. The van der Waals surface area contributed by atoms with Crippen molar-refractivity contribution in [1.29, 1.82) is 0 Å². The summed E-state index contributed by atoms with van der Waals surface area (Å²) in [5, 5.41) is 0.452. The molecule has 6 nitrogen and oxygen atoms in total. The fraction of sp³-hybridized carbons (Fsp3) is 0.458. The number of fused-ring (bicyclic) bond motifs is 1. The van der Waals surface area contributed by atoms with Crippen LogP contribution in [0.5, 0.6) is 5.75 Å². The van der Waals surface area contributed by atoms with Crippen LogP contribution in [0.2, 0.25) is 10.1 Å². The molecule has 0 bridgehead atoms. The Balaban J connectivity index is 2.00. The molecule has 0 aliphatic heterocycles. The van der Waals surface area contributed by atoms with E-state index >= 15 is 4.11 Å². The van der Waals surface area contributed by atoms with E-state index in [0.29, 0.717) is 23.1 Å². The third-order valence-corrected chi connectivity index (χ3v) is 11.3. The molecule has 3 aromatic rings. The highest BCUT2D eigenvalue weighted by Gasteiger charge is 2.58. The zero-order valence-electron chi connectivity index (χ0n) is 19.9. The molecule has 32 heavy (non-hydrogen) atoms. The van der Waals surface area contributed by atoms with Crippen LogP contribution in [0.1, 0.15) is 47.1 Å². The maximum absolute atomic E-state index is 16.9. The molecule has 0 aliphatic rings. The Morgan fingerprint density at radius 3 is 2.38 bits per heavy atom. The first-order valence-corrected chi connectivity index (χ1v) is 12.6. The third kappa shape index (κ3) is 4.28. The van der Waals surface area contributed by atoms with Crippen LogP contribution < -0.4 is 15.8 Å². The van der Waals surface area contributed by atoms with Gasteiger partial charge in [0, 0.05) is 36.6 Å². The first kappa shape index (κ1) is 23.9. The predicted molar refractivity (Wildman–Crippen MR) is 128 cm³/mol. The highest BCUT2D eigenvalue weighted by atomic mass is 28.4. The average Bonchev–Trinajstić information content (AvgIpc) is 3.02. The van der Waals surface area contributed by atoms with E-state index in [1.807, 2.05) is 65.3 Å². The summed E-state index contributed by atoms with van der Waals surface area (Å²) >= 11 is 0. The normalized spacial score (nSPS) is 13.9.